The summed E-state index contributed by atoms with van der Waals surface area (Å²) in [7, 11) is -3.00. The van der Waals surface area contributed by atoms with Gasteiger partial charge in [-0.3, -0.25) is 9.88 Å². The average molecular weight is 271 g/mol. The molecule has 1 aromatic carbocycles. The van der Waals surface area contributed by atoms with Crippen molar-refractivity contribution in [1.82, 2.24) is 5.32 Å². The molecule has 1 aromatic rings. The number of hydrogen-bond donors (Lipinski definition) is 1. The Balaban J connectivity index is 2.55. The lowest BCUT2D eigenvalue weighted by molar-refractivity contribution is 0.217. The zero-order valence-corrected chi connectivity index (χ0v) is 12.2. The van der Waals surface area contributed by atoms with Crippen LogP contribution in [-0.4, -0.2) is 19.5 Å². The van der Waals surface area contributed by atoms with E-state index in [9.17, 15) is 4.57 Å². The molecule has 0 bridgehead atoms. The van der Waals surface area contributed by atoms with E-state index in [1.807, 2.05) is 51.1 Å². The Hall–Kier alpha value is -0.670. The predicted molar refractivity (Wildman–Crippen MR) is 73.7 cm³/mol. The normalized spacial score (nSPS) is 13.5. The van der Waals surface area contributed by atoms with Gasteiger partial charge in [-0.2, -0.15) is 0 Å². The number of benzene rings is 1. The van der Waals surface area contributed by atoms with Crippen LogP contribution in [0.15, 0.2) is 30.3 Å². The third-order valence-corrected chi connectivity index (χ3v) is 4.42. The minimum Gasteiger partial charge on any atom is -0.308 e. The van der Waals surface area contributed by atoms with Gasteiger partial charge in [-0.05, 0) is 26.3 Å². The van der Waals surface area contributed by atoms with Crippen molar-refractivity contribution in [3.05, 3.63) is 35.9 Å². The molecule has 5 heteroatoms. The Morgan fingerprint density at radius 1 is 1.17 bits per heavy atom. The molecular formula is C13H22NO3P. The highest BCUT2D eigenvalue weighted by atomic mass is 31.2. The Bertz CT molecular complexity index is 373. The predicted octanol–water partition coefficient (Wildman–Crippen LogP) is 3.56. The van der Waals surface area contributed by atoms with Gasteiger partial charge in [0.25, 0.3) is 0 Å². The minimum absolute atomic E-state index is 0.112. The van der Waals surface area contributed by atoms with Gasteiger partial charge in [0.05, 0.1) is 19.5 Å². The van der Waals surface area contributed by atoms with Crippen molar-refractivity contribution in [2.75, 3.05) is 19.5 Å². The Kier molecular flexibility index (Phi) is 6.58. The first-order chi connectivity index (χ1) is 8.61. The van der Waals surface area contributed by atoms with Crippen LogP contribution in [0.3, 0.4) is 0 Å². The maximum absolute atomic E-state index is 12.2. The van der Waals surface area contributed by atoms with Gasteiger partial charge in [-0.25, -0.2) is 0 Å². The number of nitrogens with one attached hydrogen (secondary N) is 1. The van der Waals surface area contributed by atoms with Gasteiger partial charge in [-0.1, -0.05) is 30.3 Å². The van der Waals surface area contributed by atoms with Gasteiger partial charge in [0, 0.05) is 6.04 Å². The molecule has 1 rings (SSSR count). The molecular weight excluding hydrogens is 249 g/mol. The van der Waals surface area contributed by atoms with Crippen molar-refractivity contribution >= 4 is 7.60 Å². The molecule has 1 atom stereocenters. The summed E-state index contributed by atoms with van der Waals surface area (Å²) >= 11 is 0. The van der Waals surface area contributed by atoms with Crippen LogP contribution in [0.4, 0.5) is 0 Å². The Morgan fingerprint density at radius 3 is 2.22 bits per heavy atom. The van der Waals surface area contributed by atoms with Gasteiger partial charge in [0.1, 0.15) is 0 Å². The van der Waals surface area contributed by atoms with Gasteiger partial charge in [-0.15, -0.1) is 0 Å². The number of hydrogen-bond acceptors (Lipinski definition) is 4. The molecule has 0 saturated carbocycles. The van der Waals surface area contributed by atoms with Crippen LogP contribution in [0.5, 0.6) is 0 Å². The Morgan fingerprint density at radius 2 is 1.72 bits per heavy atom. The molecule has 1 N–H and O–H groups in total. The highest BCUT2D eigenvalue weighted by Crippen LogP contribution is 2.47. The van der Waals surface area contributed by atoms with Gasteiger partial charge >= 0.3 is 7.60 Å². The van der Waals surface area contributed by atoms with Crippen LogP contribution in [0.25, 0.3) is 0 Å². The lowest BCUT2D eigenvalue weighted by atomic mass is 10.1. The van der Waals surface area contributed by atoms with E-state index >= 15 is 0 Å². The van der Waals surface area contributed by atoms with Crippen LogP contribution < -0.4 is 5.32 Å². The zero-order chi connectivity index (χ0) is 13.4. The first-order valence-electron chi connectivity index (χ1n) is 6.27. The van der Waals surface area contributed by atoms with E-state index in [4.69, 9.17) is 9.05 Å². The van der Waals surface area contributed by atoms with Crippen LogP contribution >= 0.6 is 7.60 Å². The third-order valence-electron chi connectivity index (χ3n) is 2.54. The van der Waals surface area contributed by atoms with Crippen molar-refractivity contribution < 1.29 is 13.6 Å². The van der Waals surface area contributed by atoms with Gasteiger partial charge < -0.3 is 9.05 Å². The second-order valence-corrected chi connectivity index (χ2v) is 6.00. The van der Waals surface area contributed by atoms with Crippen molar-refractivity contribution in [3.63, 3.8) is 0 Å². The lowest BCUT2D eigenvalue weighted by Gasteiger charge is -2.20. The third kappa shape index (κ3) is 4.91. The van der Waals surface area contributed by atoms with Crippen molar-refractivity contribution in [3.8, 4) is 0 Å². The van der Waals surface area contributed by atoms with E-state index in [1.165, 1.54) is 0 Å². The second kappa shape index (κ2) is 7.70. The van der Waals surface area contributed by atoms with E-state index in [0.29, 0.717) is 13.2 Å². The van der Waals surface area contributed by atoms with Crippen LogP contribution in [0, 0.1) is 0 Å². The SMILES string of the molecule is CCOP(=O)(CN[C@@H](C)c1ccccc1)OCC. The Labute approximate surface area is 109 Å². The summed E-state index contributed by atoms with van der Waals surface area (Å²) in [6, 6.07) is 10.1. The smallest absolute Gasteiger partial charge is 0.308 e. The summed E-state index contributed by atoms with van der Waals surface area (Å²) in [4.78, 5) is 0. The summed E-state index contributed by atoms with van der Waals surface area (Å²) in [5.41, 5.74) is 1.15. The second-order valence-electron chi connectivity index (χ2n) is 3.94. The standard InChI is InChI=1S/C13H22NO3P/c1-4-16-18(15,17-5-2)11-14-12(3)13-9-7-6-8-10-13/h6-10,12,14H,4-5,11H2,1-3H3/t12-/m0/s1. The fourth-order valence-electron chi connectivity index (χ4n) is 1.63. The molecule has 4 nitrogen and oxygen atoms in total. The molecule has 0 spiro atoms. The number of rotatable bonds is 8. The molecule has 0 radical (unpaired) electrons. The molecule has 0 saturated heterocycles. The molecule has 0 fully saturated rings. The summed E-state index contributed by atoms with van der Waals surface area (Å²) in [6.45, 7) is 6.42. The van der Waals surface area contributed by atoms with Gasteiger partial charge in [0.15, 0.2) is 0 Å². The molecule has 0 aliphatic carbocycles. The first kappa shape index (κ1) is 15.4. The fourth-order valence-corrected chi connectivity index (χ4v) is 3.17. The zero-order valence-electron chi connectivity index (χ0n) is 11.3. The van der Waals surface area contributed by atoms with E-state index in [1.54, 1.807) is 0 Å². The highest BCUT2D eigenvalue weighted by molar-refractivity contribution is 7.53. The summed E-state index contributed by atoms with van der Waals surface area (Å²) in [5.74, 6) is 0. The van der Waals surface area contributed by atoms with Crippen molar-refractivity contribution in [2.45, 2.75) is 26.8 Å². The summed E-state index contributed by atoms with van der Waals surface area (Å²) < 4.78 is 22.7. The van der Waals surface area contributed by atoms with E-state index < -0.39 is 7.60 Å². The molecule has 0 heterocycles. The van der Waals surface area contributed by atoms with E-state index in [2.05, 4.69) is 5.32 Å². The molecule has 18 heavy (non-hydrogen) atoms. The van der Waals surface area contributed by atoms with Crippen molar-refractivity contribution in [1.29, 1.82) is 0 Å². The molecule has 0 amide bonds. The highest BCUT2D eigenvalue weighted by Gasteiger charge is 2.23. The maximum Gasteiger partial charge on any atom is 0.344 e. The minimum atomic E-state index is -3.00. The fraction of sp³-hybridized carbons (Fsp3) is 0.538. The molecule has 0 unspecified atom stereocenters. The molecule has 0 aromatic heterocycles. The van der Waals surface area contributed by atoms with E-state index in [-0.39, 0.29) is 12.3 Å². The average Bonchev–Trinajstić information content (AvgIpc) is 2.38. The largest absolute Gasteiger partial charge is 0.344 e. The molecule has 0 aliphatic rings. The van der Waals surface area contributed by atoms with Crippen molar-refractivity contribution in [2.24, 2.45) is 0 Å². The molecule has 102 valence electrons. The molecule has 0 aliphatic heterocycles. The van der Waals surface area contributed by atoms with Crippen LogP contribution in [0.1, 0.15) is 32.4 Å². The summed E-state index contributed by atoms with van der Waals surface area (Å²) in [5, 5.41) is 3.20. The maximum atomic E-state index is 12.2. The summed E-state index contributed by atoms with van der Waals surface area (Å²) in [6.07, 6.45) is 0.227. The topological polar surface area (TPSA) is 47.6 Å². The lowest BCUT2D eigenvalue weighted by Crippen LogP contribution is -2.21. The van der Waals surface area contributed by atoms with Gasteiger partial charge in [0.2, 0.25) is 0 Å². The monoisotopic (exact) mass is 271 g/mol. The van der Waals surface area contributed by atoms with E-state index in [0.717, 1.165) is 5.56 Å². The van der Waals surface area contributed by atoms with Crippen LogP contribution in [0.2, 0.25) is 0 Å². The van der Waals surface area contributed by atoms with Crippen LogP contribution in [-0.2, 0) is 13.6 Å². The first-order valence-corrected chi connectivity index (χ1v) is 8.00. The quantitative estimate of drug-likeness (QED) is 0.734.